The number of unbranched alkanes of at least 4 members (excludes halogenated alkanes) is 1. The number of carbonyl (C=O) groups is 1. The second kappa shape index (κ2) is 8.35. The molecule has 1 rings (SSSR count). The molecule has 3 nitrogen and oxygen atoms in total. The lowest BCUT2D eigenvalue weighted by Gasteiger charge is -2.19. The van der Waals surface area contributed by atoms with Gasteiger partial charge in [-0.05, 0) is 18.7 Å². The third-order valence-electron chi connectivity index (χ3n) is 1.68. The van der Waals surface area contributed by atoms with Crippen molar-refractivity contribution in [3.63, 3.8) is 0 Å². The lowest BCUT2D eigenvalue weighted by atomic mass is 10.3. The number of carboxylic acids is 1. The summed E-state index contributed by atoms with van der Waals surface area (Å²) in [4.78, 5) is 11.3. The molecule has 0 unspecified atom stereocenters. The molecular formula is C11H19NO2. The Balaban J connectivity index is 0.000000364. The van der Waals surface area contributed by atoms with Crippen molar-refractivity contribution < 1.29 is 9.90 Å². The molecule has 1 aliphatic rings. The Bertz CT molecular complexity index is 205. The van der Waals surface area contributed by atoms with E-state index in [2.05, 4.69) is 36.3 Å². The van der Waals surface area contributed by atoms with Crippen LogP contribution in [0.1, 0.15) is 26.7 Å². The van der Waals surface area contributed by atoms with E-state index in [1.807, 2.05) is 0 Å². The third kappa shape index (κ3) is 8.84. The van der Waals surface area contributed by atoms with Crippen LogP contribution in [0.3, 0.4) is 0 Å². The topological polar surface area (TPSA) is 40.5 Å². The van der Waals surface area contributed by atoms with Crippen LogP contribution in [-0.2, 0) is 4.79 Å². The summed E-state index contributed by atoms with van der Waals surface area (Å²) in [6.07, 6.45) is 11.1. The Kier molecular flexibility index (Phi) is 7.61. The molecular weight excluding hydrogens is 178 g/mol. The highest BCUT2D eigenvalue weighted by Gasteiger charge is 1.96. The standard InChI is InChI=1S/C9H15N.C2H4O2/c1-2-3-7-10-8-5-4-6-9-10;1-2(3)4/h4-6,8H,2-3,7,9H2,1H3;1H3,(H,3,4). The molecule has 0 spiro atoms. The van der Waals surface area contributed by atoms with Gasteiger partial charge in [0.05, 0.1) is 0 Å². The van der Waals surface area contributed by atoms with Crippen molar-refractivity contribution >= 4 is 5.97 Å². The van der Waals surface area contributed by atoms with Gasteiger partial charge in [0, 0.05) is 20.0 Å². The van der Waals surface area contributed by atoms with Crippen molar-refractivity contribution in [1.82, 2.24) is 4.90 Å². The second-order valence-electron chi connectivity index (χ2n) is 3.14. The summed E-state index contributed by atoms with van der Waals surface area (Å²) >= 11 is 0. The largest absolute Gasteiger partial charge is 0.481 e. The highest BCUT2D eigenvalue weighted by molar-refractivity contribution is 5.62. The Morgan fingerprint density at radius 1 is 1.50 bits per heavy atom. The Labute approximate surface area is 85.7 Å². The van der Waals surface area contributed by atoms with E-state index in [9.17, 15) is 0 Å². The lowest BCUT2D eigenvalue weighted by molar-refractivity contribution is -0.134. The van der Waals surface area contributed by atoms with Crippen molar-refractivity contribution in [2.24, 2.45) is 0 Å². The molecule has 1 aliphatic heterocycles. The highest BCUT2D eigenvalue weighted by Crippen LogP contribution is 2.00. The van der Waals surface area contributed by atoms with Crippen molar-refractivity contribution in [1.29, 1.82) is 0 Å². The quantitative estimate of drug-likeness (QED) is 0.754. The molecule has 0 radical (unpaired) electrons. The summed E-state index contributed by atoms with van der Waals surface area (Å²) in [5, 5.41) is 7.42. The van der Waals surface area contributed by atoms with Crippen LogP contribution in [0.15, 0.2) is 24.4 Å². The van der Waals surface area contributed by atoms with Crippen LogP contribution in [0.4, 0.5) is 0 Å². The number of hydrogen-bond donors (Lipinski definition) is 1. The van der Waals surface area contributed by atoms with Crippen molar-refractivity contribution in [2.75, 3.05) is 13.1 Å². The van der Waals surface area contributed by atoms with Gasteiger partial charge in [0.15, 0.2) is 0 Å². The summed E-state index contributed by atoms with van der Waals surface area (Å²) in [6, 6.07) is 0. The van der Waals surface area contributed by atoms with Crippen LogP contribution in [0, 0.1) is 0 Å². The maximum Gasteiger partial charge on any atom is 0.300 e. The smallest absolute Gasteiger partial charge is 0.300 e. The summed E-state index contributed by atoms with van der Waals surface area (Å²) in [5.74, 6) is -0.833. The number of hydrogen-bond acceptors (Lipinski definition) is 2. The van der Waals surface area contributed by atoms with Gasteiger partial charge in [0.2, 0.25) is 0 Å². The van der Waals surface area contributed by atoms with Crippen LogP contribution in [0.5, 0.6) is 0 Å². The van der Waals surface area contributed by atoms with E-state index in [4.69, 9.17) is 9.90 Å². The maximum absolute atomic E-state index is 9.00. The van der Waals surface area contributed by atoms with Crippen molar-refractivity contribution in [3.05, 3.63) is 24.4 Å². The van der Waals surface area contributed by atoms with E-state index in [1.54, 1.807) is 0 Å². The summed E-state index contributed by atoms with van der Waals surface area (Å²) < 4.78 is 0. The van der Waals surface area contributed by atoms with E-state index in [-0.39, 0.29) is 0 Å². The van der Waals surface area contributed by atoms with Gasteiger partial charge in [-0.3, -0.25) is 4.79 Å². The predicted molar refractivity (Wildman–Crippen MR) is 58.1 cm³/mol. The molecule has 14 heavy (non-hydrogen) atoms. The molecule has 0 fully saturated rings. The fourth-order valence-electron chi connectivity index (χ4n) is 1.03. The van der Waals surface area contributed by atoms with E-state index in [1.165, 1.54) is 19.4 Å². The number of allylic oxidation sites excluding steroid dienone is 2. The van der Waals surface area contributed by atoms with Crippen molar-refractivity contribution in [2.45, 2.75) is 26.7 Å². The number of carboxylic acid groups (broad SMARTS) is 1. The number of rotatable bonds is 3. The maximum atomic E-state index is 9.00. The number of nitrogens with zero attached hydrogens (tertiary/aromatic N) is 1. The fourth-order valence-corrected chi connectivity index (χ4v) is 1.03. The minimum absolute atomic E-state index is 0.833. The molecule has 1 N–H and O–H groups in total. The molecule has 0 saturated heterocycles. The normalized spacial score (nSPS) is 13.4. The Hall–Kier alpha value is -1.25. The predicted octanol–water partition coefficient (Wildman–Crippen LogP) is 2.26. The van der Waals surface area contributed by atoms with Gasteiger partial charge in [-0.25, -0.2) is 0 Å². The molecule has 0 bridgehead atoms. The van der Waals surface area contributed by atoms with E-state index >= 15 is 0 Å². The van der Waals surface area contributed by atoms with Gasteiger partial charge in [-0.2, -0.15) is 0 Å². The molecule has 0 aliphatic carbocycles. The molecule has 0 aromatic rings. The monoisotopic (exact) mass is 197 g/mol. The van der Waals surface area contributed by atoms with Crippen LogP contribution in [0.25, 0.3) is 0 Å². The highest BCUT2D eigenvalue weighted by atomic mass is 16.4. The summed E-state index contributed by atoms with van der Waals surface area (Å²) in [5.41, 5.74) is 0. The SMILES string of the molecule is CC(=O)O.CCCCN1C=CC=CC1. The van der Waals surface area contributed by atoms with Crippen LogP contribution in [-0.4, -0.2) is 29.1 Å². The van der Waals surface area contributed by atoms with Crippen LogP contribution < -0.4 is 0 Å². The van der Waals surface area contributed by atoms with Crippen LogP contribution >= 0.6 is 0 Å². The lowest BCUT2D eigenvalue weighted by Crippen LogP contribution is -2.19. The molecule has 0 aromatic heterocycles. The zero-order chi connectivity index (χ0) is 10.8. The summed E-state index contributed by atoms with van der Waals surface area (Å²) in [6.45, 7) is 5.61. The molecule has 0 amide bonds. The average molecular weight is 197 g/mol. The van der Waals surface area contributed by atoms with E-state index in [0.717, 1.165) is 13.5 Å². The first-order chi connectivity index (χ1) is 6.66. The summed E-state index contributed by atoms with van der Waals surface area (Å²) in [7, 11) is 0. The zero-order valence-corrected chi connectivity index (χ0v) is 8.94. The number of aliphatic carboxylic acids is 1. The van der Waals surface area contributed by atoms with Gasteiger partial charge in [0.1, 0.15) is 0 Å². The average Bonchev–Trinajstić information content (AvgIpc) is 2.15. The fraction of sp³-hybridized carbons (Fsp3) is 0.545. The minimum atomic E-state index is -0.833. The molecule has 1 heterocycles. The molecule has 3 heteroatoms. The van der Waals surface area contributed by atoms with Gasteiger partial charge < -0.3 is 10.0 Å². The molecule has 0 atom stereocenters. The Morgan fingerprint density at radius 3 is 2.57 bits per heavy atom. The third-order valence-corrected chi connectivity index (χ3v) is 1.68. The first-order valence-corrected chi connectivity index (χ1v) is 4.93. The molecule has 80 valence electrons. The molecule has 0 aromatic carbocycles. The van der Waals surface area contributed by atoms with Gasteiger partial charge in [-0.15, -0.1) is 0 Å². The zero-order valence-electron chi connectivity index (χ0n) is 8.94. The Morgan fingerprint density at radius 2 is 2.14 bits per heavy atom. The van der Waals surface area contributed by atoms with Crippen molar-refractivity contribution in [3.8, 4) is 0 Å². The van der Waals surface area contributed by atoms with Gasteiger partial charge in [0.25, 0.3) is 5.97 Å². The minimum Gasteiger partial charge on any atom is -0.481 e. The second-order valence-corrected chi connectivity index (χ2v) is 3.14. The van der Waals surface area contributed by atoms with E-state index < -0.39 is 5.97 Å². The first-order valence-electron chi connectivity index (χ1n) is 4.93. The first kappa shape index (κ1) is 12.8. The van der Waals surface area contributed by atoms with Crippen LogP contribution in [0.2, 0.25) is 0 Å². The molecule has 0 saturated carbocycles. The van der Waals surface area contributed by atoms with E-state index in [0.29, 0.717) is 0 Å². The van der Waals surface area contributed by atoms with Gasteiger partial charge in [-0.1, -0.05) is 25.5 Å². The van der Waals surface area contributed by atoms with Gasteiger partial charge >= 0.3 is 0 Å².